The fourth-order valence-electron chi connectivity index (χ4n) is 2.71. The van der Waals surface area contributed by atoms with Gasteiger partial charge in [0, 0.05) is 4.47 Å². The van der Waals surface area contributed by atoms with Gasteiger partial charge in [0.2, 0.25) is 0 Å². The molecule has 1 unspecified atom stereocenters. The third-order valence-electron chi connectivity index (χ3n) is 4.27. The smallest absolute Gasteiger partial charge is 0.287 e. The molecule has 27 heavy (non-hydrogen) atoms. The number of furan rings is 1. The van der Waals surface area contributed by atoms with Crippen LogP contribution in [0.2, 0.25) is 0 Å². The quantitative estimate of drug-likeness (QED) is 0.517. The lowest BCUT2D eigenvalue weighted by Crippen LogP contribution is -2.27. The van der Waals surface area contributed by atoms with E-state index in [2.05, 4.69) is 33.4 Å². The van der Waals surface area contributed by atoms with Crippen molar-refractivity contribution in [3.05, 3.63) is 87.8 Å². The van der Waals surface area contributed by atoms with Gasteiger partial charge in [0.15, 0.2) is 5.76 Å². The fourth-order valence-corrected chi connectivity index (χ4v) is 2.98. The van der Waals surface area contributed by atoms with E-state index in [4.69, 9.17) is 9.15 Å². The molecule has 0 aliphatic rings. The Morgan fingerprint density at radius 1 is 1.07 bits per heavy atom. The summed E-state index contributed by atoms with van der Waals surface area (Å²) in [5.41, 5.74) is 2.28. The van der Waals surface area contributed by atoms with Gasteiger partial charge in [-0.1, -0.05) is 52.7 Å². The van der Waals surface area contributed by atoms with Gasteiger partial charge in [0.25, 0.3) is 5.91 Å². The highest BCUT2D eigenvalue weighted by molar-refractivity contribution is 9.10. The SMILES string of the molecule is CCC(NC(=O)c1ccc(COc2ccc(Br)cc2)o1)c1ccc(C)cc1. The molecule has 2 aromatic carbocycles. The minimum Gasteiger partial charge on any atom is -0.486 e. The second-order valence-electron chi connectivity index (χ2n) is 6.35. The second kappa shape index (κ2) is 8.91. The average Bonchev–Trinajstić information content (AvgIpc) is 3.15. The normalized spacial score (nSPS) is 11.8. The van der Waals surface area contributed by atoms with Crippen molar-refractivity contribution in [3.63, 3.8) is 0 Å². The van der Waals surface area contributed by atoms with Crippen LogP contribution in [0.15, 0.2) is 69.6 Å². The van der Waals surface area contributed by atoms with Gasteiger partial charge in [-0.25, -0.2) is 0 Å². The number of carbonyl (C=O) groups is 1. The van der Waals surface area contributed by atoms with Gasteiger partial charge in [0.05, 0.1) is 6.04 Å². The first kappa shape index (κ1) is 19.2. The van der Waals surface area contributed by atoms with Crippen molar-refractivity contribution < 1.29 is 13.9 Å². The number of amides is 1. The number of benzene rings is 2. The molecule has 3 aromatic rings. The van der Waals surface area contributed by atoms with Gasteiger partial charge in [-0.2, -0.15) is 0 Å². The van der Waals surface area contributed by atoms with E-state index in [1.807, 2.05) is 50.2 Å². The summed E-state index contributed by atoms with van der Waals surface area (Å²) in [7, 11) is 0. The Labute approximate surface area is 167 Å². The number of halogens is 1. The number of hydrogen-bond acceptors (Lipinski definition) is 3. The number of hydrogen-bond donors (Lipinski definition) is 1. The van der Waals surface area contributed by atoms with Crippen LogP contribution >= 0.6 is 15.9 Å². The summed E-state index contributed by atoms with van der Waals surface area (Å²) in [6, 6.07) is 19.1. The Balaban J connectivity index is 1.60. The summed E-state index contributed by atoms with van der Waals surface area (Å²) in [5, 5.41) is 3.03. The molecule has 0 bridgehead atoms. The molecular formula is C22H22BrNO3. The van der Waals surface area contributed by atoms with Crippen molar-refractivity contribution in [3.8, 4) is 5.75 Å². The van der Waals surface area contributed by atoms with E-state index >= 15 is 0 Å². The predicted octanol–water partition coefficient (Wildman–Crippen LogP) is 5.81. The van der Waals surface area contributed by atoms with Crippen molar-refractivity contribution >= 4 is 21.8 Å². The fraction of sp³-hybridized carbons (Fsp3) is 0.227. The summed E-state index contributed by atoms with van der Waals surface area (Å²) < 4.78 is 12.3. The Morgan fingerprint density at radius 2 is 1.78 bits per heavy atom. The van der Waals surface area contributed by atoms with Gasteiger partial charge in [-0.3, -0.25) is 4.79 Å². The highest BCUT2D eigenvalue weighted by Gasteiger charge is 2.17. The molecule has 0 radical (unpaired) electrons. The number of ether oxygens (including phenoxy) is 1. The number of carbonyl (C=O) groups excluding carboxylic acids is 1. The molecule has 0 saturated carbocycles. The molecular weight excluding hydrogens is 406 g/mol. The van der Waals surface area contributed by atoms with Crippen LogP contribution < -0.4 is 10.1 Å². The number of rotatable bonds is 7. The second-order valence-corrected chi connectivity index (χ2v) is 7.27. The van der Waals surface area contributed by atoms with Crippen LogP contribution in [0.3, 0.4) is 0 Å². The topological polar surface area (TPSA) is 51.5 Å². The Morgan fingerprint density at radius 3 is 2.44 bits per heavy atom. The summed E-state index contributed by atoms with van der Waals surface area (Å²) in [6.45, 7) is 4.36. The molecule has 3 rings (SSSR count). The molecule has 4 nitrogen and oxygen atoms in total. The zero-order chi connectivity index (χ0) is 19.2. The van der Waals surface area contributed by atoms with E-state index in [0.29, 0.717) is 5.76 Å². The maximum Gasteiger partial charge on any atom is 0.287 e. The Hall–Kier alpha value is -2.53. The van der Waals surface area contributed by atoms with Crippen LogP contribution in [0.1, 0.15) is 46.8 Å². The highest BCUT2D eigenvalue weighted by Crippen LogP contribution is 2.20. The van der Waals surface area contributed by atoms with Crippen molar-refractivity contribution in [1.29, 1.82) is 0 Å². The molecule has 0 saturated heterocycles. The lowest BCUT2D eigenvalue weighted by molar-refractivity contribution is 0.0903. The Bertz CT molecular complexity index is 885. The van der Waals surface area contributed by atoms with Gasteiger partial charge in [-0.15, -0.1) is 0 Å². The molecule has 1 aromatic heterocycles. The van der Waals surface area contributed by atoms with E-state index in [1.54, 1.807) is 12.1 Å². The van der Waals surface area contributed by atoms with Crippen LogP contribution in [0.25, 0.3) is 0 Å². The minimum absolute atomic E-state index is 0.0503. The van der Waals surface area contributed by atoms with E-state index < -0.39 is 0 Å². The predicted molar refractivity (Wildman–Crippen MR) is 109 cm³/mol. The largest absolute Gasteiger partial charge is 0.486 e. The van der Waals surface area contributed by atoms with Crippen LogP contribution in [-0.2, 0) is 6.61 Å². The van der Waals surface area contributed by atoms with Crippen molar-refractivity contribution in [2.75, 3.05) is 0 Å². The van der Waals surface area contributed by atoms with Crippen molar-refractivity contribution in [2.45, 2.75) is 32.9 Å². The first-order chi connectivity index (χ1) is 13.0. The van der Waals surface area contributed by atoms with Gasteiger partial charge < -0.3 is 14.5 Å². The third-order valence-corrected chi connectivity index (χ3v) is 4.80. The molecule has 1 atom stereocenters. The number of aryl methyl sites for hydroxylation is 1. The van der Waals surface area contributed by atoms with E-state index in [-0.39, 0.29) is 24.3 Å². The van der Waals surface area contributed by atoms with E-state index in [1.165, 1.54) is 5.56 Å². The van der Waals surface area contributed by atoms with Gasteiger partial charge in [0.1, 0.15) is 18.1 Å². The van der Waals surface area contributed by atoms with Crippen LogP contribution in [0.4, 0.5) is 0 Å². The van der Waals surface area contributed by atoms with Crippen LogP contribution in [0.5, 0.6) is 5.75 Å². The first-order valence-corrected chi connectivity index (χ1v) is 9.69. The highest BCUT2D eigenvalue weighted by atomic mass is 79.9. The Kier molecular flexibility index (Phi) is 6.35. The van der Waals surface area contributed by atoms with Crippen LogP contribution in [-0.4, -0.2) is 5.91 Å². The number of nitrogens with one attached hydrogen (secondary N) is 1. The average molecular weight is 428 g/mol. The molecule has 1 heterocycles. The third kappa shape index (κ3) is 5.23. The van der Waals surface area contributed by atoms with Crippen molar-refractivity contribution in [1.82, 2.24) is 5.32 Å². The maximum atomic E-state index is 12.5. The molecule has 1 N–H and O–H groups in total. The first-order valence-electron chi connectivity index (χ1n) is 8.89. The molecule has 0 aliphatic carbocycles. The summed E-state index contributed by atoms with van der Waals surface area (Å²) in [6.07, 6.45) is 0.801. The van der Waals surface area contributed by atoms with Crippen LogP contribution in [0, 0.1) is 6.92 Å². The molecule has 140 valence electrons. The van der Waals surface area contributed by atoms with Gasteiger partial charge in [-0.05, 0) is 55.3 Å². The molecule has 5 heteroatoms. The zero-order valence-electron chi connectivity index (χ0n) is 15.4. The lowest BCUT2D eigenvalue weighted by atomic mass is 10.0. The lowest BCUT2D eigenvalue weighted by Gasteiger charge is -2.17. The van der Waals surface area contributed by atoms with E-state index in [9.17, 15) is 4.79 Å². The molecule has 0 fully saturated rings. The summed E-state index contributed by atoms with van der Waals surface area (Å²) in [5.74, 6) is 1.41. The van der Waals surface area contributed by atoms with E-state index in [0.717, 1.165) is 22.2 Å². The molecule has 1 amide bonds. The standard InChI is InChI=1S/C22H22BrNO3/c1-3-20(16-6-4-15(2)5-7-16)24-22(25)21-13-12-19(27-21)14-26-18-10-8-17(23)9-11-18/h4-13,20H,3,14H2,1-2H3,(H,24,25). The van der Waals surface area contributed by atoms with Gasteiger partial charge >= 0.3 is 0 Å². The maximum absolute atomic E-state index is 12.5. The summed E-state index contributed by atoms with van der Waals surface area (Å²) in [4.78, 5) is 12.5. The summed E-state index contributed by atoms with van der Waals surface area (Å²) >= 11 is 3.39. The monoisotopic (exact) mass is 427 g/mol. The molecule has 0 spiro atoms. The minimum atomic E-state index is -0.225. The zero-order valence-corrected chi connectivity index (χ0v) is 17.0. The van der Waals surface area contributed by atoms with Crippen molar-refractivity contribution in [2.24, 2.45) is 0 Å². The molecule has 0 aliphatic heterocycles.